The topological polar surface area (TPSA) is 94.2 Å². The molecule has 1 amide bonds. The molecule has 2 N–H and O–H groups in total. The van der Waals surface area contributed by atoms with Crippen molar-refractivity contribution in [1.82, 2.24) is 15.2 Å². The Morgan fingerprint density at radius 2 is 2.03 bits per heavy atom. The number of anilines is 1. The third-order valence-electron chi connectivity index (χ3n) is 5.13. The van der Waals surface area contributed by atoms with Gasteiger partial charge < -0.3 is 15.1 Å². The van der Waals surface area contributed by atoms with Crippen LogP contribution in [0.4, 0.5) is 5.69 Å². The molecule has 0 atom stereocenters. The lowest BCUT2D eigenvalue weighted by Gasteiger charge is -2.26. The molecule has 1 aromatic heterocycles. The summed E-state index contributed by atoms with van der Waals surface area (Å²) in [4.78, 5) is 19.1. The molecule has 0 radical (unpaired) electrons. The average molecular weight is 389 g/mol. The molecule has 0 unspecified atom stereocenters. The Kier molecular flexibility index (Phi) is 5.30. The molecule has 3 aromatic rings. The molecule has 2 aromatic carbocycles. The summed E-state index contributed by atoms with van der Waals surface area (Å²) < 4.78 is 5.94. The van der Waals surface area contributed by atoms with Gasteiger partial charge in [-0.2, -0.15) is 5.26 Å². The number of hydrogen-bond acceptors (Lipinski definition) is 6. The molecular formula is C22H23N5O2. The number of aryl methyl sites for hydroxylation is 2. The van der Waals surface area contributed by atoms with E-state index in [1.165, 1.54) is 0 Å². The molecule has 1 aliphatic rings. The fraction of sp³-hybridized carbons (Fsp3) is 0.318. The van der Waals surface area contributed by atoms with Crippen molar-refractivity contribution in [2.45, 2.75) is 13.8 Å². The number of piperazine rings is 1. The van der Waals surface area contributed by atoms with E-state index in [1.807, 2.05) is 32.0 Å². The van der Waals surface area contributed by atoms with Crippen LogP contribution in [0.3, 0.4) is 0 Å². The number of carbonyl (C=O) groups is 1. The van der Waals surface area contributed by atoms with Gasteiger partial charge >= 0.3 is 0 Å². The van der Waals surface area contributed by atoms with Crippen molar-refractivity contribution in [2.24, 2.45) is 0 Å². The van der Waals surface area contributed by atoms with Crippen LogP contribution in [0.15, 0.2) is 34.7 Å². The van der Waals surface area contributed by atoms with Gasteiger partial charge in [-0.05, 0) is 55.3 Å². The molecule has 0 aliphatic carbocycles. The van der Waals surface area contributed by atoms with E-state index < -0.39 is 0 Å². The van der Waals surface area contributed by atoms with Crippen molar-refractivity contribution in [2.75, 3.05) is 38.0 Å². The third-order valence-corrected chi connectivity index (χ3v) is 5.13. The summed E-state index contributed by atoms with van der Waals surface area (Å²) in [6, 6.07) is 11.4. The molecule has 1 saturated heterocycles. The lowest BCUT2D eigenvalue weighted by Crippen LogP contribution is -2.46. The van der Waals surface area contributed by atoms with E-state index in [1.54, 1.807) is 12.1 Å². The SMILES string of the molecule is Cc1cc(-c2nc3cc(C#N)cc(C)c3o2)ccc1NC(=O)CN1CCNCC1. The Hall–Kier alpha value is -3.21. The highest BCUT2D eigenvalue weighted by Crippen LogP contribution is 2.29. The second-order valence-corrected chi connectivity index (χ2v) is 7.38. The van der Waals surface area contributed by atoms with Gasteiger partial charge in [0.2, 0.25) is 11.8 Å². The number of oxazole rings is 1. The van der Waals surface area contributed by atoms with Gasteiger partial charge in [0.05, 0.1) is 18.2 Å². The van der Waals surface area contributed by atoms with Crippen LogP contribution in [-0.2, 0) is 4.79 Å². The maximum absolute atomic E-state index is 12.4. The molecule has 0 bridgehead atoms. The Morgan fingerprint density at radius 3 is 2.76 bits per heavy atom. The minimum Gasteiger partial charge on any atom is -0.436 e. The van der Waals surface area contributed by atoms with E-state index >= 15 is 0 Å². The van der Waals surface area contributed by atoms with Gasteiger partial charge in [-0.1, -0.05) is 0 Å². The van der Waals surface area contributed by atoms with Crippen LogP contribution in [0.25, 0.3) is 22.6 Å². The summed E-state index contributed by atoms with van der Waals surface area (Å²) in [5.41, 5.74) is 5.35. The van der Waals surface area contributed by atoms with Gasteiger partial charge in [0.25, 0.3) is 0 Å². The molecule has 2 heterocycles. The minimum atomic E-state index is -0.00994. The van der Waals surface area contributed by atoms with Crippen molar-refractivity contribution >= 4 is 22.7 Å². The molecule has 0 saturated carbocycles. The summed E-state index contributed by atoms with van der Waals surface area (Å²) in [5, 5.41) is 15.4. The number of hydrogen-bond donors (Lipinski definition) is 2. The van der Waals surface area contributed by atoms with Crippen LogP contribution in [0.5, 0.6) is 0 Å². The molecule has 29 heavy (non-hydrogen) atoms. The molecule has 4 rings (SSSR count). The summed E-state index contributed by atoms with van der Waals surface area (Å²) in [6.45, 7) is 7.86. The standard InChI is InChI=1S/C22H23N5O2/c1-14-10-17(22-26-19-11-16(12-23)9-15(2)21(19)29-22)3-4-18(14)25-20(28)13-27-7-5-24-6-8-27/h3-4,9-11,24H,5-8,13H2,1-2H3,(H,25,28). The maximum atomic E-state index is 12.4. The highest BCUT2D eigenvalue weighted by atomic mass is 16.3. The fourth-order valence-electron chi connectivity index (χ4n) is 3.59. The molecule has 0 spiro atoms. The summed E-state index contributed by atoms with van der Waals surface area (Å²) >= 11 is 0. The number of nitrogens with one attached hydrogen (secondary N) is 2. The van der Waals surface area contributed by atoms with Crippen molar-refractivity contribution in [3.8, 4) is 17.5 Å². The number of nitrogens with zero attached hydrogens (tertiary/aromatic N) is 3. The van der Waals surface area contributed by atoms with Gasteiger partial charge in [-0.25, -0.2) is 4.98 Å². The zero-order chi connectivity index (χ0) is 20.4. The van der Waals surface area contributed by atoms with Crippen LogP contribution >= 0.6 is 0 Å². The smallest absolute Gasteiger partial charge is 0.238 e. The molecule has 148 valence electrons. The maximum Gasteiger partial charge on any atom is 0.238 e. The highest BCUT2D eigenvalue weighted by molar-refractivity contribution is 5.93. The quantitative estimate of drug-likeness (QED) is 0.713. The number of fused-ring (bicyclic) bond motifs is 1. The average Bonchev–Trinajstić information content (AvgIpc) is 3.15. The van der Waals surface area contributed by atoms with Crippen LogP contribution in [0, 0.1) is 25.2 Å². The Labute approximate surface area is 169 Å². The first kappa shape index (κ1) is 19.1. The largest absolute Gasteiger partial charge is 0.436 e. The lowest BCUT2D eigenvalue weighted by atomic mass is 10.1. The van der Waals surface area contributed by atoms with E-state index in [4.69, 9.17) is 9.68 Å². The van der Waals surface area contributed by atoms with E-state index in [-0.39, 0.29) is 5.91 Å². The predicted molar refractivity (Wildman–Crippen MR) is 112 cm³/mol. The minimum absolute atomic E-state index is 0.00994. The molecule has 1 fully saturated rings. The van der Waals surface area contributed by atoms with Crippen LogP contribution in [0.2, 0.25) is 0 Å². The first-order valence-electron chi connectivity index (χ1n) is 9.69. The Morgan fingerprint density at radius 1 is 1.24 bits per heavy atom. The lowest BCUT2D eigenvalue weighted by molar-refractivity contribution is -0.117. The van der Waals surface area contributed by atoms with E-state index in [0.29, 0.717) is 29.1 Å². The van der Waals surface area contributed by atoms with Crippen molar-refractivity contribution in [3.63, 3.8) is 0 Å². The normalized spacial score (nSPS) is 14.7. The number of rotatable bonds is 4. The monoisotopic (exact) mass is 389 g/mol. The second-order valence-electron chi connectivity index (χ2n) is 7.38. The van der Waals surface area contributed by atoms with Gasteiger partial charge in [0.15, 0.2) is 5.58 Å². The number of nitriles is 1. The molecule has 7 heteroatoms. The van der Waals surface area contributed by atoms with Gasteiger partial charge in [0.1, 0.15) is 5.52 Å². The number of aromatic nitrogens is 1. The molecule has 1 aliphatic heterocycles. The van der Waals surface area contributed by atoms with Gasteiger partial charge in [0, 0.05) is 37.4 Å². The second kappa shape index (κ2) is 8.03. The van der Waals surface area contributed by atoms with Gasteiger partial charge in [-0.15, -0.1) is 0 Å². The van der Waals surface area contributed by atoms with E-state index in [0.717, 1.165) is 48.6 Å². The van der Waals surface area contributed by atoms with E-state index in [2.05, 4.69) is 26.6 Å². The first-order valence-corrected chi connectivity index (χ1v) is 9.69. The summed E-state index contributed by atoms with van der Waals surface area (Å²) in [5.74, 6) is 0.490. The van der Waals surface area contributed by atoms with Crippen LogP contribution in [0.1, 0.15) is 16.7 Å². The van der Waals surface area contributed by atoms with Crippen LogP contribution < -0.4 is 10.6 Å². The third kappa shape index (κ3) is 4.14. The van der Waals surface area contributed by atoms with E-state index in [9.17, 15) is 4.79 Å². The molecular weight excluding hydrogens is 366 g/mol. The predicted octanol–water partition coefficient (Wildman–Crippen LogP) is 2.83. The number of amides is 1. The Balaban J connectivity index is 1.52. The summed E-state index contributed by atoms with van der Waals surface area (Å²) in [6.07, 6.45) is 0. The van der Waals surface area contributed by atoms with Crippen molar-refractivity contribution in [3.05, 3.63) is 47.0 Å². The zero-order valence-electron chi connectivity index (χ0n) is 16.6. The fourth-order valence-corrected chi connectivity index (χ4v) is 3.59. The number of benzene rings is 2. The first-order chi connectivity index (χ1) is 14.0. The molecule has 7 nitrogen and oxygen atoms in total. The highest BCUT2D eigenvalue weighted by Gasteiger charge is 2.16. The van der Waals surface area contributed by atoms with Crippen molar-refractivity contribution in [1.29, 1.82) is 5.26 Å². The van der Waals surface area contributed by atoms with Gasteiger partial charge in [-0.3, -0.25) is 9.69 Å². The van der Waals surface area contributed by atoms with Crippen LogP contribution in [-0.4, -0.2) is 48.5 Å². The summed E-state index contributed by atoms with van der Waals surface area (Å²) in [7, 11) is 0. The number of carbonyl (C=O) groups excluding carboxylic acids is 1. The zero-order valence-corrected chi connectivity index (χ0v) is 16.6. The Bertz CT molecular complexity index is 1110. The van der Waals surface area contributed by atoms with Crippen molar-refractivity contribution < 1.29 is 9.21 Å².